The van der Waals surface area contributed by atoms with Gasteiger partial charge in [0.25, 0.3) is 10.0 Å². The number of halogens is 2. The number of anilines is 1. The molecule has 0 fully saturated rings. The molecule has 1 N–H and O–H groups in total. The summed E-state index contributed by atoms with van der Waals surface area (Å²) < 4.78 is 33.0. The molecule has 5 nitrogen and oxygen atoms in total. The number of nitrogens with one attached hydrogen (secondary N) is 1. The van der Waals surface area contributed by atoms with Crippen LogP contribution in [0.1, 0.15) is 15.9 Å². The fraction of sp³-hybridized carbons (Fsp3) is 0.0500. The van der Waals surface area contributed by atoms with Gasteiger partial charge in [-0.25, -0.2) is 8.42 Å². The van der Waals surface area contributed by atoms with Crippen molar-refractivity contribution in [2.45, 2.75) is 4.90 Å². The number of benzene rings is 3. The van der Waals surface area contributed by atoms with Crippen molar-refractivity contribution in [2.75, 3.05) is 11.8 Å². The summed E-state index contributed by atoms with van der Waals surface area (Å²) in [5, 5.41) is 0.700. The molecule has 3 aromatic carbocycles. The van der Waals surface area contributed by atoms with E-state index in [1.807, 2.05) is 0 Å². The minimum absolute atomic E-state index is 0.0319. The van der Waals surface area contributed by atoms with Crippen molar-refractivity contribution in [3.8, 4) is 5.75 Å². The summed E-state index contributed by atoms with van der Waals surface area (Å²) in [7, 11) is -2.44. The molecule has 0 amide bonds. The van der Waals surface area contributed by atoms with Gasteiger partial charge in [-0.3, -0.25) is 9.52 Å². The lowest BCUT2D eigenvalue weighted by Crippen LogP contribution is -2.16. The van der Waals surface area contributed by atoms with Crippen LogP contribution < -0.4 is 9.46 Å². The van der Waals surface area contributed by atoms with Gasteiger partial charge < -0.3 is 4.74 Å². The Balaban J connectivity index is 1.99. The van der Waals surface area contributed by atoms with Gasteiger partial charge in [-0.05, 0) is 54.6 Å². The van der Waals surface area contributed by atoms with E-state index in [1.165, 1.54) is 55.6 Å². The molecule has 144 valence electrons. The Hall–Kier alpha value is -2.54. The van der Waals surface area contributed by atoms with Crippen LogP contribution in [0.3, 0.4) is 0 Å². The Bertz CT molecular complexity index is 1130. The van der Waals surface area contributed by atoms with Crippen LogP contribution in [0.15, 0.2) is 71.6 Å². The van der Waals surface area contributed by atoms with E-state index >= 15 is 0 Å². The molecule has 3 rings (SSSR count). The normalized spacial score (nSPS) is 11.1. The van der Waals surface area contributed by atoms with Gasteiger partial charge in [0.05, 0.1) is 17.7 Å². The van der Waals surface area contributed by atoms with E-state index in [4.69, 9.17) is 27.9 Å². The maximum Gasteiger partial charge on any atom is 0.261 e. The summed E-state index contributed by atoms with van der Waals surface area (Å²) in [5.74, 6) is 0.125. The third-order valence-corrected chi connectivity index (χ3v) is 5.78. The maximum atomic E-state index is 12.9. The number of sulfonamides is 1. The topological polar surface area (TPSA) is 72.5 Å². The minimum Gasteiger partial charge on any atom is -0.497 e. The second-order valence-electron chi connectivity index (χ2n) is 5.81. The third-order valence-electron chi connectivity index (χ3n) is 3.93. The van der Waals surface area contributed by atoms with Gasteiger partial charge in [0.15, 0.2) is 5.78 Å². The summed E-state index contributed by atoms with van der Waals surface area (Å²) in [5.41, 5.74) is 0.553. The first-order chi connectivity index (χ1) is 13.3. The fourth-order valence-electron chi connectivity index (χ4n) is 2.54. The molecule has 0 saturated carbocycles. The van der Waals surface area contributed by atoms with Gasteiger partial charge >= 0.3 is 0 Å². The fourth-order valence-corrected chi connectivity index (χ4v) is 3.98. The Kier molecular flexibility index (Phi) is 5.93. The number of ether oxygens (including phenoxy) is 1. The number of rotatable bonds is 6. The van der Waals surface area contributed by atoms with Crippen LogP contribution in [0, 0.1) is 0 Å². The summed E-state index contributed by atoms with van der Waals surface area (Å²) in [6, 6.07) is 16.6. The highest BCUT2D eigenvalue weighted by molar-refractivity contribution is 7.92. The van der Waals surface area contributed by atoms with Crippen molar-refractivity contribution in [3.05, 3.63) is 87.9 Å². The molecule has 0 unspecified atom stereocenters. The highest BCUT2D eigenvalue weighted by Crippen LogP contribution is 2.27. The van der Waals surface area contributed by atoms with Crippen LogP contribution in [-0.2, 0) is 10.0 Å². The van der Waals surface area contributed by atoms with Crippen LogP contribution in [0.5, 0.6) is 5.75 Å². The molecular formula is C20H15Cl2NO4S. The van der Waals surface area contributed by atoms with Crippen LogP contribution in [0.2, 0.25) is 10.0 Å². The number of carbonyl (C=O) groups is 1. The molecule has 3 aromatic rings. The third kappa shape index (κ3) is 4.47. The van der Waals surface area contributed by atoms with Crippen LogP contribution in [0.4, 0.5) is 5.69 Å². The van der Waals surface area contributed by atoms with Crippen LogP contribution in [0.25, 0.3) is 0 Å². The van der Waals surface area contributed by atoms with E-state index in [2.05, 4.69) is 4.72 Å². The molecule has 0 saturated heterocycles. The van der Waals surface area contributed by atoms with E-state index < -0.39 is 15.8 Å². The van der Waals surface area contributed by atoms with Crippen molar-refractivity contribution < 1.29 is 17.9 Å². The Labute approximate surface area is 172 Å². The van der Waals surface area contributed by atoms with Crippen LogP contribution in [-0.4, -0.2) is 21.3 Å². The molecule has 28 heavy (non-hydrogen) atoms. The lowest BCUT2D eigenvalue weighted by Gasteiger charge is -2.13. The Morgan fingerprint density at radius 2 is 1.61 bits per heavy atom. The molecule has 8 heteroatoms. The van der Waals surface area contributed by atoms with Crippen molar-refractivity contribution in [2.24, 2.45) is 0 Å². The summed E-state index contributed by atoms with van der Waals surface area (Å²) in [6.45, 7) is 0. The van der Waals surface area contributed by atoms with Gasteiger partial charge in [-0.15, -0.1) is 0 Å². The Morgan fingerprint density at radius 3 is 2.25 bits per heavy atom. The maximum absolute atomic E-state index is 12.9. The van der Waals surface area contributed by atoms with E-state index in [1.54, 1.807) is 18.2 Å². The number of carbonyl (C=O) groups excluding carboxylic acids is 1. The second kappa shape index (κ2) is 8.22. The number of ketones is 1. The van der Waals surface area contributed by atoms with Crippen LogP contribution >= 0.6 is 23.2 Å². The zero-order valence-corrected chi connectivity index (χ0v) is 17.0. The van der Waals surface area contributed by atoms with Gasteiger partial charge in [0.2, 0.25) is 0 Å². The first kappa shape index (κ1) is 20.2. The van der Waals surface area contributed by atoms with E-state index in [0.29, 0.717) is 21.4 Å². The summed E-state index contributed by atoms with van der Waals surface area (Å²) >= 11 is 12.0. The molecule has 0 heterocycles. The quantitative estimate of drug-likeness (QED) is 0.550. The van der Waals surface area contributed by atoms with Gasteiger partial charge in [0.1, 0.15) is 5.75 Å². The van der Waals surface area contributed by atoms with E-state index in [0.717, 1.165) is 0 Å². The van der Waals surface area contributed by atoms with Crippen molar-refractivity contribution in [1.29, 1.82) is 0 Å². The highest BCUT2D eigenvalue weighted by atomic mass is 35.5. The largest absolute Gasteiger partial charge is 0.497 e. The molecule has 0 bridgehead atoms. The monoisotopic (exact) mass is 435 g/mol. The van der Waals surface area contributed by atoms with E-state index in [9.17, 15) is 13.2 Å². The van der Waals surface area contributed by atoms with Crippen molar-refractivity contribution in [3.63, 3.8) is 0 Å². The van der Waals surface area contributed by atoms with Gasteiger partial charge in [-0.1, -0.05) is 35.3 Å². The van der Waals surface area contributed by atoms with Gasteiger partial charge in [0, 0.05) is 21.2 Å². The lowest BCUT2D eigenvalue weighted by atomic mass is 10.0. The standard InChI is InChI=1S/C20H15Cl2NO4S/c1-27-16-6-8-17(9-7-16)28(25,26)23-19-10-5-15(22)12-18(19)20(24)13-3-2-4-14(21)11-13/h2-12,23H,1H3. The molecule has 0 radical (unpaired) electrons. The molecule has 0 aliphatic rings. The average Bonchev–Trinajstić information content (AvgIpc) is 2.68. The predicted octanol–water partition coefficient (Wildman–Crippen LogP) is 5.03. The second-order valence-corrected chi connectivity index (χ2v) is 8.37. The zero-order valence-electron chi connectivity index (χ0n) is 14.6. The average molecular weight is 436 g/mol. The summed E-state index contributed by atoms with van der Waals surface area (Å²) in [4.78, 5) is 12.9. The molecular weight excluding hydrogens is 421 g/mol. The molecule has 0 atom stereocenters. The SMILES string of the molecule is COc1ccc(S(=O)(=O)Nc2ccc(Cl)cc2C(=O)c2cccc(Cl)c2)cc1. The number of hydrogen-bond acceptors (Lipinski definition) is 4. The number of methoxy groups -OCH3 is 1. The minimum atomic E-state index is -3.92. The van der Waals surface area contributed by atoms with Gasteiger partial charge in [-0.2, -0.15) is 0 Å². The molecule has 0 aliphatic heterocycles. The molecule has 0 spiro atoms. The zero-order chi connectivity index (χ0) is 20.3. The summed E-state index contributed by atoms with van der Waals surface area (Å²) in [6.07, 6.45) is 0. The smallest absolute Gasteiger partial charge is 0.261 e. The number of hydrogen-bond donors (Lipinski definition) is 1. The first-order valence-corrected chi connectivity index (χ1v) is 10.3. The lowest BCUT2D eigenvalue weighted by molar-refractivity contribution is 0.103. The molecule has 0 aromatic heterocycles. The first-order valence-electron chi connectivity index (χ1n) is 8.07. The highest BCUT2D eigenvalue weighted by Gasteiger charge is 2.20. The molecule has 0 aliphatic carbocycles. The van der Waals surface area contributed by atoms with Crippen molar-refractivity contribution >= 4 is 44.7 Å². The van der Waals surface area contributed by atoms with E-state index in [-0.39, 0.29) is 16.1 Å². The Morgan fingerprint density at radius 1 is 0.929 bits per heavy atom. The predicted molar refractivity (Wildman–Crippen MR) is 110 cm³/mol. The van der Waals surface area contributed by atoms with Crippen molar-refractivity contribution in [1.82, 2.24) is 0 Å².